The van der Waals surface area contributed by atoms with Crippen LogP contribution < -0.4 is 5.32 Å². The van der Waals surface area contributed by atoms with E-state index in [1.165, 1.54) is 47.6 Å². The highest BCUT2D eigenvalue weighted by atomic mass is 16.5. The summed E-state index contributed by atoms with van der Waals surface area (Å²) in [6.45, 7) is 4.15. The van der Waals surface area contributed by atoms with Crippen molar-refractivity contribution in [1.29, 1.82) is 0 Å². The van der Waals surface area contributed by atoms with Gasteiger partial charge in [-0.25, -0.2) is 4.98 Å². The standard InChI is InChI=1S/C30H30N4O2/c1-19(26-12-6-8-22-7-3-4-11-27(22)26)32-25-10-5-9-24(17-25)21-13-15-23(16-14-21)29-33-30(36-34-29)28-20(2)31-18-35-28/h3-4,6-8,11-16,18-19,24-25,32H,5,9-10,17H2,1-2H3/t19-,24?,25?/m1/s1. The fourth-order valence-electron chi connectivity index (χ4n) is 5.56. The van der Waals surface area contributed by atoms with Gasteiger partial charge in [0.15, 0.2) is 6.39 Å². The number of benzene rings is 3. The summed E-state index contributed by atoms with van der Waals surface area (Å²) in [6, 6.07) is 24.7. The monoisotopic (exact) mass is 478 g/mol. The maximum absolute atomic E-state index is 5.40. The lowest BCUT2D eigenvalue weighted by Gasteiger charge is -2.32. The molecule has 5 aromatic rings. The van der Waals surface area contributed by atoms with E-state index in [0.29, 0.717) is 35.5 Å². The van der Waals surface area contributed by atoms with Gasteiger partial charge in [-0.05, 0) is 60.9 Å². The molecule has 3 atom stereocenters. The van der Waals surface area contributed by atoms with Crippen LogP contribution in [-0.4, -0.2) is 21.2 Å². The molecule has 2 heterocycles. The Labute approximate surface area is 210 Å². The number of hydrogen-bond donors (Lipinski definition) is 1. The fourth-order valence-corrected chi connectivity index (χ4v) is 5.56. The van der Waals surface area contributed by atoms with Crippen molar-refractivity contribution in [1.82, 2.24) is 20.4 Å². The third kappa shape index (κ3) is 4.44. The van der Waals surface area contributed by atoms with E-state index in [1.807, 2.05) is 6.92 Å². The van der Waals surface area contributed by atoms with E-state index in [0.717, 1.165) is 17.7 Å². The van der Waals surface area contributed by atoms with E-state index in [2.05, 4.69) is 94.1 Å². The van der Waals surface area contributed by atoms with E-state index in [9.17, 15) is 0 Å². The number of aryl methyl sites for hydroxylation is 1. The lowest BCUT2D eigenvalue weighted by atomic mass is 9.80. The summed E-state index contributed by atoms with van der Waals surface area (Å²) in [5.41, 5.74) is 4.41. The Morgan fingerprint density at radius 3 is 2.64 bits per heavy atom. The minimum absolute atomic E-state index is 0.308. The molecule has 1 saturated carbocycles. The van der Waals surface area contributed by atoms with E-state index in [4.69, 9.17) is 8.94 Å². The summed E-state index contributed by atoms with van der Waals surface area (Å²) in [5, 5.41) is 10.7. The zero-order chi connectivity index (χ0) is 24.5. The zero-order valence-corrected chi connectivity index (χ0v) is 20.6. The molecule has 1 fully saturated rings. The summed E-state index contributed by atoms with van der Waals surface area (Å²) in [5.74, 6) is 1.97. The van der Waals surface area contributed by atoms with Crippen LogP contribution in [0.15, 0.2) is 82.1 Å². The average Bonchev–Trinajstić information content (AvgIpc) is 3.57. The first kappa shape index (κ1) is 22.7. The van der Waals surface area contributed by atoms with Gasteiger partial charge in [0.05, 0.1) is 5.69 Å². The molecular formula is C30H30N4O2. The predicted octanol–water partition coefficient (Wildman–Crippen LogP) is 7.23. The normalized spacial score (nSPS) is 18.9. The van der Waals surface area contributed by atoms with Gasteiger partial charge in [0.25, 0.3) is 5.89 Å². The Bertz CT molecular complexity index is 1460. The van der Waals surface area contributed by atoms with Gasteiger partial charge in [-0.15, -0.1) is 0 Å². The molecule has 0 aliphatic heterocycles. The smallest absolute Gasteiger partial charge is 0.295 e. The van der Waals surface area contributed by atoms with Crippen LogP contribution in [0.4, 0.5) is 0 Å². The SMILES string of the molecule is Cc1ncoc1-c1nc(-c2ccc(C3CCCC(N[C@H](C)c4cccc5ccccc45)C3)cc2)no1. The summed E-state index contributed by atoms with van der Waals surface area (Å²) in [6.07, 6.45) is 6.20. The highest BCUT2D eigenvalue weighted by Gasteiger charge is 2.25. The van der Waals surface area contributed by atoms with Gasteiger partial charge in [0.1, 0.15) is 0 Å². The van der Waals surface area contributed by atoms with Gasteiger partial charge in [0.2, 0.25) is 11.6 Å². The molecule has 1 aliphatic carbocycles. The Kier molecular flexibility index (Phi) is 6.11. The van der Waals surface area contributed by atoms with E-state index >= 15 is 0 Å². The van der Waals surface area contributed by atoms with Crippen LogP contribution in [0, 0.1) is 6.92 Å². The van der Waals surface area contributed by atoms with Crippen LogP contribution in [-0.2, 0) is 0 Å². The molecule has 0 saturated heterocycles. The van der Waals surface area contributed by atoms with Gasteiger partial charge in [0, 0.05) is 17.6 Å². The molecule has 0 radical (unpaired) electrons. The molecule has 0 amide bonds. The molecule has 0 bridgehead atoms. The van der Waals surface area contributed by atoms with Gasteiger partial charge in [-0.2, -0.15) is 4.98 Å². The van der Waals surface area contributed by atoms with Crippen molar-refractivity contribution < 1.29 is 8.94 Å². The molecule has 2 unspecified atom stereocenters. The number of rotatable bonds is 6. The third-order valence-corrected chi connectivity index (χ3v) is 7.46. The first-order valence-corrected chi connectivity index (χ1v) is 12.7. The minimum Gasteiger partial charge on any atom is -0.438 e. The maximum Gasteiger partial charge on any atom is 0.295 e. The van der Waals surface area contributed by atoms with E-state index in [1.54, 1.807) is 0 Å². The lowest BCUT2D eigenvalue weighted by Crippen LogP contribution is -2.35. The van der Waals surface area contributed by atoms with E-state index < -0.39 is 0 Å². The molecule has 2 aromatic heterocycles. The summed E-state index contributed by atoms with van der Waals surface area (Å²) in [4.78, 5) is 8.59. The number of oxazole rings is 1. The minimum atomic E-state index is 0.308. The van der Waals surface area contributed by atoms with Crippen molar-refractivity contribution in [2.75, 3.05) is 0 Å². The summed E-state index contributed by atoms with van der Waals surface area (Å²) < 4.78 is 10.8. The zero-order valence-electron chi connectivity index (χ0n) is 20.6. The summed E-state index contributed by atoms with van der Waals surface area (Å²) >= 11 is 0. The van der Waals surface area contributed by atoms with Gasteiger partial charge in [-0.1, -0.05) is 78.3 Å². The highest BCUT2D eigenvalue weighted by Crippen LogP contribution is 2.35. The third-order valence-electron chi connectivity index (χ3n) is 7.46. The molecule has 0 spiro atoms. The molecule has 6 heteroatoms. The van der Waals surface area contributed by atoms with Crippen molar-refractivity contribution in [3.8, 4) is 23.0 Å². The first-order chi connectivity index (χ1) is 17.7. The van der Waals surface area contributed by atoms with Crippen LogP contribution in [0.3, 0.4) is 0 Å². The molecular weight excluding hydrogens is 448 g/mol. The predicted molar refractivity (Wildman–Crippen MR) is 140 cm³/mol. The maximum atomic E-state index is 5.40. The van der Waals surface area contributed by atoms with Crippen molar-refractivity contribution in [3.63, 3.8) is 0 Å². The Morgan fingerprint density at radius 2 is 1.81 bits per heavy atom. The largest absolute Gasteiger partial charge is 0.438 e. The van der Waals surface area contributed by atoms with Crippen LogP contribution >= 0.6 is 0 Å². The quantitative estimate of drug-likeness (QED) is 0.277. The Hall–Kier alpha value is -3.77. The highest BCUT2D eigenvalue weighted by molar-refractivity contribution is 5.86. The molecule has 3 aromatic carbocycles. The van der Waals surface area contributed by atoms with Gasteiger partial charge < -0.3 is 14.3 Å². The number of fused-ring (bicyclic) bond motifs is 1. The Balaban J connectivity index is 1.14. The van der Waals surface area contributed by atoms with Crippen LogP contribution in [0.1, 0.15) is 61.4 Å². The summed E-state index contributed by atoms with van der Waals surface area (Å²) in [7, 11) is 0. The number of nitrogens with zero attached hydrogens (tertiary/aromatic N) is 3. The number of nitrogens with one attached hydrogen (secondary N) is 1. The molecule has 36 heavy (non-hydrogen) atoms. The van der Waals surface area contributed by atoms with Crippen LogP contribution in [0.2, 0.25) is 0 Å². The molecule has 1 N–H and O–H groups in total. The fraction of sp³-hybridized carbons (Fsp3) is 0.300. The number of aromatic nitrogens is 3. The van der Waals surface area contributed by atoms with Crippen molar-refractivity contribution in [2.24, 2.45) is 0 Å². The second-order valence-corrected chi connectivity index (χ2v) is 9.83. The average molecular weight is 479 g/mol. The van der Waals surface area contributed by atoms with Crippen LogP contribution in [0.25, 0.3) is 33.8 Å². The number of hydrogen-bond acceptors (Lipinski definition) is 6. The molecule has 6 nitrogen and oxygen atoms in total. The van der Waals surface area contributed by atoms with Crippen molar-refractivity contribution in [2.45, 2.75) is 57.5 Å². The Morgan fingerprint density at radius 1 is 0.972 bits per heavy atom. The topological polar surface area (TPSA) is 77.0 Å². The van der Waals surface area contributed by atoms with Gasteiger partial charge in [-0.3, -0.25) is 0 Å². The van der Waals surface area contributed by atoms with Gasteiger partial charge >= 0.3 is 0 Å². The molecule has 182 valence electrons. The van der Waals surface area contributed by atoms with Crippen molar-refractivity contribution >= 4 is 10.8 Å². The second-order valence-electron chi connectivity index (χ2n) is 9.83. The van der Waals surface area contributed by atoms with Crippen LogP contribution in [0.5, 0.6) is 0 Å². The van der Waals surface area contributed by atoms with Crippen molar-refractivity contribution in [3.05, 3.63) is 89.9 Å². The molecule has 6 rings (SSSR count). The van der Waals surface area contributed by atoms with E-state index in [-0.39, 0.29) is 0 Å². The first-order valence-electron chi connectivity index (χ1n) is 12.7. The molecule has 1 aliphatic rings. The second kappa shape index (κ2) is 9.70. The lowest BCUT2D eigenvalue weighted by molar-refractivity contribution is 0.319.